The van der Waals surface area contributed by atoms with Crippen molar-refractivity contribution in [2.75, 3.05) is 6.61 Å². The number of ether oxygens (including phenoxy) is 1. The van der Waals surface area contributed by atoms with Gasteiger partial charge in [-0.2, -0.15) is 13.2 Å². The van der Waals surface area contributed by atoms with Gasteiger partial charge in [0, 0.05) is 21.9 Å². The van der Waals surface area contributed by atoms with E-state index < -0.39 is 47.1 Å². The van der Waals surface area contributed by atoms with Gasteiger partial charge in [-0.1, -0.05) is 78.9 Å². The summed E-state index contributed by atoms with van der Waals surface area (Å²) in [6, 6.07) is 26.4. The smallest absolute Gasteiger partial charge is 0.416 e. The first kappa shape index (κ1) is 41.2. The highest BCUT2D eigenvalue weighted by atomic mass is 32.1. The summed E-state index contributed by atoms with van der Waals surface area (Å²) in [5.41, 5.74) is 1.94. The van der Waals surface area contributed by atoms with Gasteiger partial charge in [0.05, 0.1) is 29.8 Å². The zero-order valence-electron chi connectivity index (χ0n) is 30.7. The number of carbonyl (C=O) groups is 4. The molecule has 0 aliphatic heterocycles. The quantitative estimate of drug-likeness (QED) is 0.0768. The van der Waals surface area contributed by atoms with E-state index in [1.54, 1.807) is 59.3 Å². The summed E-state index contributed by atoms with van der Waals surface area (Å²) in [7, 11) is 0. The Labute approximate surface area is 338 Å². The SMILES string of the molecule is CC(COc1ccccc1)(NC(=O)Cc1csc(-c2ccc(Cc3ccc([C@@H](NC(=O)Cc4csc(-c5ccc(C(F)(F)F)cc5)n4)C(=O)O)cc3)cc2)n1)C(=O)O. The van der Waals surface area contributed by atoms with Gasteiger partial charge in [-0.05, 0) is 54.3 Å². The minimum Gasteiger partial charge on any atom is -0.491 e. The molecule has 6 aromatic rings. The third kappa shape index (κ3) is 10.7. The summed E-state index contributed by atoms with van der Waals surface area (Å²) < 4.78 is 44.3. The second kappa shape index (κ2) is 17.8. The molecule has 0 radical (unpaired) electrons. The molecule has 298 valence electrons. The zero-order valence-corrected chi connectivity index (χ0v) is 32.3. The fourth-order valence-electron chi connectivity index (χ4n) is 5.75. The average molecular weight is 829 g/mol. The molecule has 11 nitrogen and oxygen atoms in total. The normalized spacial score (nSPS) is 12.9. The molecular weight excluding hydrogens is 794 g/mol. The number of aromatic nitrogens is 2. The molecule has 0 saturated heterocycles. The number of rotatable bonds is 16. The van der Waals surface area contributed by atoms with Crippen LogP contribution < -0.4 is 15.4 Å². The van der Waals surface area contributed by atoms with Gasteiger partial charge in [-0.15, -0.1) is 22.7 Å². The number of carboxylic acid groups (broad SMARTS) is 2. The highest BCUT2D eigenvalue weighted by Crippen LogP contribution is 2.32. The molecule has 0 saturated carbocycles. The lowest BCUT2D eigenvalue weighted by Crippen LogP contribution is -2.56. The van der Waals surface area contributed by atoms with Crippen LogP contribution in [0.25, 0.3) is 21.1 Å². The standard InChI is InChI=1S/C42H35F3N4O7S2/c1-41(40(54)55,24-56-33-5-3-2-4-6-33)49-35(51)21-32-23-58-37(47-32)28-13-9-26(10-14-28)19-25-7-11-27(12-8-25)36(39(52)53)48-34(50)20-31-22-57-38(46-31)29-15-17-30(18-16-29)42(43,44)45/h2-18,22-23,36H,19-21,24H2,1H3,(H,48,50)(H,49,51)(H,52,53)(H,54,55)/t36-,41?/m1/s1. The van der Waals surface area contributed by atoms with E-state index >= 15 is 0 Å². The van der Waals surface area contributed by atoms with Gasteiger partial charge in [-0.25, -0.2) is 19.6 Å². The van der Waals surface area contributed by atoms with Crippen LogP contribution in [0.1, 0.15) is 46.6 Å². The lowest BCUT2D eigenvalue weighted by molar-refractivity contribution is -0.148. The van der Waals surface area contributed by atoms with Crippen LogP contribution in [0.3, 0.4) is 0 Å². The van der Waals surface area contributed by atoms with Crippen molar-refractivity contribution in [2.24, 2.45) is 0 Å². The monoisotopic (exact) mass is 828 g/mol. The van der Waals surface area contributed by atoms with Gasteiger partial charge in [0.1, 0.15) is 22.4 Å². The first-order valence-electron chi connectivity index (χ1n) is 17.6. The largest absolute Gasteiger partial charge is 0.491 e. The summed E-state index contributed by atoms with van der Waals surface area (Å²) in [6.07, 6.45) is -4.26. The predicted octanol–water partition coefficient (Wildman–Crippen LogP) is 7.61. The lowest BCUT2D eigenvalue weighted by atomic mass is 10.00. The van der Waals surface area contributed by atoms with Crippen LogP contribution in [0, 0.1) is 0 Å². The summed E-state index contributed by atoms with van der Waals surface area (Å²) >= 11 is 2.52. The van der Waals surface area contributed by atoms with Crippen molar-refractivity contribution in [3.63, 3.8) is 0 Å². The third-order valence-corrected chi connectivity index (χ3v) is 10.8. The lowest BCUT2D eigenvalue weighted by Gasteiger charge is -2.26. The maximum Gasteiger partial charge on any atom is 0.416 e. The Hall–Kier alpha value is -6.39. The number of carbonyl (C=O) groups excluding carboxylic acids is 2. The Morgan fingerprint density at radius 2 is 1.24 bits per heavy atom. The Bertz CT molecular complexity index is 2380. The molecule has 16 heteroatoms. The Morgan fingerprint density at radius 1 is 0.724 bits per heavy atom. The zero-order chi connectivity index (χ0) is 41.5. The van der Waals surface area contributed by atoms with Crippen LogP contribution in [0.2, 0.25) is 0 Å². The topological polar surface area (TPSA) is 168 Å². The van der Waals surface area contributed by atoms with Crippen molar-refractivity contribution in [1.82, 2.24) is 20.6 Å². The molecule has 0 fully saturated rings. The van der Waals surface area contributed by atoms with Crippen LogP contribution in [0.5, 0.6) is 5.75 Å². The maximum atomic E-state index is 12.9. The Balaban J connectivity index is 1.00. The number of aliphatic carboxylic acids is 2. The van der Waals surface area contributed by atoms with Gasteiger partial charge < -0.3 is 25.6 Å². The van der Waals surface area contributed by atoms with Crippen molar-refractivity contribution >= 4 is 46.4 Å². The van der Waals surface area contributed by atoms with E-state index in [2.05, 4.69) is 20.6 Å². The fraction of sp³-hybridized carbons (Fsp3) is 0.190. The van der Waals surface area contributed by atoms with E-state index in [-0.39, 0.29) is 19.4 Å². The van der Waals surface area contributed by atoms with Crippen molar-refractivity contribution in [3.05, 3.63) is 148 Å². The number of amides is 2. The molecule has 0 aliphatic carbocycles. The van der Waals surface area contributed by atoms with E-state index in [1.807, 2.05) is 30.3 Å². The molecule has 58 heavy (non-hydrogen) atoms. The summed E-state index contributed by atoms with van der Waals surface area (Å²) in [5.74, 6) is -3.09. The number of nitrogens with one attached hydrogen (secondary N) is 2. The van der Waals surface area contributed by atoms with Crippen molar-refractivity contribution in [1.29, 1.82) is 0 Å². The van der Waals surface area contributed by atoms with E-state index in [0.29, 0.717) is 44.7 Å². The number of benzene rings is 4. The second-order valence-electron chi connectivity index (χ2n) is 13.5. The molecule has 4 N–H and O–H groups in total. The summed E-state index contributed by atoms with van der Waals surface area (Å²) in [5, 5.41) is 29.3. The van der Waals surface area contributed by atoms with Gasteiger partial charge in [0.2, 0.25) is 11.8 Å². The first-order valence-corrected chi connectivity index (χ1v) is 19.4. The third-order valence-electron chi connectivity index (χ3n) is 8.88. The Kier molecular flexibility index (Phi) is 12.7. The van der Waals surface area contributed by atoms with E-state index in [4.69, 9.17) is 4.74 Å². The average Bonchev–Trinajstić information content (AvgIpc) is 3.87. The van der Waals surface area contributed by atoms with Crippen molar-refractivity contribution < 1.29 is 47.3 Å². The molecule has 2 aromatic heterocycles. The van der Waals surface area contributed by atoms with E-state index in [1.165, 1.54) is 30.4 Å². The van der Waals surface area contributed by atoms with E-state index in [9.17, 15) is 42.6 Å². The van der Waals surface area contributed by atoms with Gasteiger partial charge in [-0.3, -0.25) is 9.59 Å². The van der Waals surface area contributed by atoms with Gasteiger partial charge in [0.25, 0.3) is 0 Å². The number of hydrogen-bond acceptors (Lipinski definition) is 9. The van der Waals surface area contributed by atoms with Crippen LogP contribution in [0.4, 0.5) is 13.2 Å². The van der Waals surface area contributed by atoms with Crippen LogP contribution in [-0.2, 0) is 44.6 Å². The molecule has 2 heterocycles. The van der Waals surface area contributed by atoms with Crippen molar-refractivity contribution in [3.8, 4) is 26.9 Å². The van der Waals surface area contributed by atoms with Gasteiger partial charge in [0.15, 0.2) is 11.6 Å². The molecule has 0 aliphatic rings. The minimum atomic E-state index is -4.46. The summed E-state index contributed by atoms with van der Waals surface area (Å²) in [6.45, 7) is 1.11. The first-order chi connectivity index (χ1) is 27.6. The van der Waals surface area contributed by atoms with Crippen molar-refractivity contribution in [2.45, 2.75) is 43.9 Å². The highest BCUT2D eigenvalue weighted by Gasteiger charge is 2.36. The number of carboxylic acids is 2. The number of para-hydroxylation sites is 1. The van der Waals surface area contributed by atoms with Crippen LogP contribution in [-0.4, -0.2) is 56.1 Å². The number of nitrogens with zero attached hydrogens (tertiary/aromatic N) is 2. The molecule has 2 atom stereocenters. The number of thiazole rings is 2. The molecule has 2 amide bonds. The number of hydrogen-bond donors (Lipinski definition) is 4. The number of halogens is 3. The second-order valence-corrected chi connectivity index (χ2v) is 15.2. The van der Waals surface area contributed by atoms with E-state index in [0.717, 1.165) is 40.2 Å². The highest BCUT2D eigenvalue weighted by molar-refractivity contribution is 7.13. The molecule has 0 bridgehead atoms. The van der Waals surface area contributed by atoms with Crippen LogP contribution >= 0.6 is 22.7 Å². The molecule has 0 spiro atoms. The predicted molar refractivity (Wildman–Crippen MR) is 211 cm³/mol. The summed E-state index contributed by atoms with van der Waals surface area (Å²) in [4.78, 5) is 58.8. The molecule has 4 aromatic carbocycles. The molecule has 6 rings (SSSR count). The maximum absolute atomic E-state index is 12.9. The minimum absolute atomic E-state index is 0.119. The van der Waals surface area contributed by atoms with Gasteiger partial charge >= 0.3 is 18.1 Å². The fourth-order valence-corrected chi connectivity index (χ4v) is 7.40. The molecular formula is C42H35F3N4O7S2. The molecule has 1 unspecified atom stereocenters. The Morgan fingerprint density at radius 3 is 1.76 bits per heavy atom. The van der Waals surface area contributed by atoms with Crippen LogP contribution in [0.15, 0.2) is 114 Å². The number of alkyl halides is 3.